The van der Waals surface area contributed by atoms with Gasteiger partial charge in [-0.05, 0) is 42.3 Å². The lowest BCUT2D eigenvalue weighted by Gasteiger charge is -2.22. The number of carbonyl (C=O) groups excluding carboxylic acids is 2. The van der Waals surface area contributed by atoms with Crippen LogP contribution in [0, 0.1) is 0 Å². The van der Waals surface area contributed by atoms with E-state index in [1.54, 1.807) is 28.0 Å². The van der Waals surface area contributed by atoms with E-state index in [2.05, 4.69) is 22.9 Å². The second-order valence-corrected chi connectivity index (χ2v) is 6.57. The summed E-state index contributed by atoms with van der Waals surface area (Å²) in [5, 5.41) is 0. The van der Waals surface area contributed by atoms with Gasteiger partial charge >= 0.3 is 12.0 Å². The number of hydrogen-bond donors (Lipinski definition) is 0. The molecule has 1 saturated heterocycles. The van der Waals surface area contributed by atoms with Crippen molar-refractivity contribution in [3.05, 3.63) is 58.1 Å². The fraction of sp³-hybridized carbons (Fsp3) is 0.263. The van der Waals surface area contributed by atoms with E-state index in [0.717, 1.165) is 22.1 Å². The first-order valence-electron chi connectivity index (χ1n) is 8.11. The van der Waals surface area contributed by atoms with Crippen molar-refractivity contribution in [2.45, 2.75) is 13.3 Å². The Morgan fingerprint density at radius 2 is 1.88 bits per heavy atom. The van der Waals surface area contributed by atoms with Gasteiger partial charge in [0.15, 0.2) is 0 Å². The number of rotatable bonds is 4. The molecule has 25 heavy (non-hydrogen) atoms. The Hall–Kier alpha value is -2.34. The molecular formula is C19H19BrN2O3. The third-order valence-corrected chi connectivity index (χ3v) is 5.07. The molecule has 130 valence electrons. The van der Waals surface area contributed by atoms with E-state index >= 15 is 0 Å². The van der Waals surface area contributed by atoms with Gasteiger partial charge in [-0.1, -0.05) is 35.0 Å². The summed E-state index contributed by atoms with van der Waals surface area (Å²) in [6.45, 7) is 3.24. The Morgan fingerprint density at radius 3 is 2.60 bits per heavy atom. The predicted octanol–water partition coefficient (Wildman–Crippen LogP) is 4.24. The predicted molar refractivity (Wildman–Crippen MR) is 101 cm³/mol. The summed E-state index contributed by atoms with van der Waals surface area (Å²) >= 11 is 3.56. The quantitative estimate of drug-likeness (QED) is 0.718. The number of methoxy groups -OCH3 is 1. The Labute approximate surface area is 155 Å². The van der Waals surface area contributed by atoms with Crippen LogP contribution in [-0.4, -0.2) is 32.2 Å². The van der Waals surface area contributed by atoms with E-state index in [1.807, 2.05) is 24.3 Å². The molecule has 0 atom stereocenters. The average Bonchev–Trinajstić information content (AvgIpc) is 3.02. The van der Waals surface area contributed by atoms with Gasteiger partial charge in [-0.25, -0.2) is 9.59 Å². The van der Waals surface area contributed by atoms with Crippen LogP contribution in [0.15, 0.2) is 46.9 Å². The van der Waals surface area contributed by atoms with E-state index in [0.29, 0.717) is 24.3 Å². The second kappa shape index (κ2) is 7.27. The highest BCUT2D eigenvalue weighted by Crippen LogP contribution is 2.32. The fourth-order valence-electron chi connectivity index (χ4n) is 3.07. The van der Waals surface area contributed by atoms with Crippen molar-refractivity contribution < 1.29 is 14.3 Å². The molecule has 3 rings (SSSR count). The van der Waals surface area contributed by atoms with Gasteiger partial charge in [-0.2, -0.15) is 0 Å². The number of benzene rings is 2. The van der Waals surface area contributed by atoms with E-state index in [4.69, 9.17) is 4.74 Å². The largest absolute Gasteiger partial charge is 0.465 e. The third-order valence-electron chi connectivity index (χ3n) is 4.33. The molecule has 2 aromatic rings. The van der Waals surface area contributed by atoms with Crippen molar-refractivity contribution in [3.63, 3.8) is 0 Å². The number of halogens is 1. The highest BCUT2D eigenvalue weighted by atomic mass is 79.9. The van der Waals surface area contributed by atoms with Crippen molar-refractivity contribution >= 4 is 39.3 Å². The zero-order valence-corrected chi connectivity index (χ0v) is 15.7. The highest BCUT2D eigenvalue weighted by molar-refractivity contribution is 9.10. The van der Waals surface area contributed by atoms with Crippen LogP contribution in [0.4, 0.5) is 16.2 Å². The maximum Gasteiger partial charge on any atom is 0.337 e. The summed E-state index contributed by atoms with van der Waals surface area (Å²) in [6, 6.07) is 12.8. The first kappa shape index (κ1) is 17.5. The van der Waals surface area contributed by atoms with Crippen LogP contribution in [-0.2, 0) is 11.2 Å². The van der Waals surface area contributed by atoms with E-state index < -0.39 is 5.97 Å². The standard InChI is InChI=1S/C19H19BrN2O3/c1-3-15-16(20)8-5-9-17(15)22-11-10-21(19(22)24)14-7-4-6-13(12-14)18(23)25-2/h4-9,12H,3,10-11H2,1-2H3. The highest BCUT2D eigenvalue weighted by Gasteiger charge is 2.32. The van der Waals surface area contributed by atoms with Gasteiger partial charge in [-0.3, -0.25) is 9.80 Å². The van der Waals surface area contributed by atoms with Gasteiger partial charge in [0.1, 0.15) is 0 Å². The van der Waals surface area contributed by atoms with Crippen LogP contribution in [0.3, 0.4) is 0 Å². The molecule has 1 aliphatic heterocycles. The number of nitrogens with zero attached hydrogens (tertiary/aromatic N) is 2. The second-order valence-electron chi connectivity index (χ2n) is 5.72. The zero-order valence-electron chi connectivity index (χ0n) is 14.2. The molecule has 5 nitrogen and oxygen atoms in total. The molecule has 2 aromatic carbocycles. The van der Waals surface area contributed by atoms with Crippen LogP contribution in [0.5, 0.6) is 0 Å². The monoisotopic (exact) mass is 402 g/mol. The molecule has 1 fully saturated rings. The molecule has 1 aliphatic rings. The number of urea groups is 1. The van der Waals surface area contributed by atoms with Crippen molar-refractivity contribution in [1.82, 2.24) is 0 Å². The Morgan fingerprint density at radius 1 is 1.16 bits per heavy atom. The topological polar surface area (TPSA) is 49.9 Å². The lowest BCUT2D eigenvalue weighted by Crippen LogP contribution is -2.32. The molecule has 0 N–H and O–H groups in total. The van der Waals surface area contributed by atoms with Crippen molar-refractivity contribution in [2.75, 3.05) is 30.0 Å². The van der Waals surface area contributed by atoms with E-state index in [1.165, 1.54) is 7.11 Å². The van der Waals surface area contributed by atoms with Gasteiger partial charge in [0.05, 0.1) is 12.7 Å². The molecule has 0 aliphatic carbocycles. The Balaban J connectivity index is 1.91. The molecule has 0 spiro atoms. The maximum absolute atomic E-state index is 13.0. The minimum absolute atomic E-state index is 0.0881. The maximum atomic E-state index is 13.0. The molecule has 0 unspecified atom stereocenters. The molecule has 1 heterocycles. The van der Waals surface area contributed by atoms with Gasteiger partial charge in [-0.15, -0.1) is 0 Å². The number of carbonyl (C=O) groups is 2. The van der Waals surface area contributed by atoms with Crippen LogP contribution in [0.25, 0.3) is 0 Å². The average molecular weight is 403 g/mol. The number of esters is 1. The number of ether oxygens (including phenoxy) is 1. The normalized spacial score (nSPS) is 14.1. The molecule has 0 radical (unpaired) electrons. The van der Waals surface area contributed by atoms with Crippen LogP contribution in [0.1, 0.15) is 22.8 Å². The zero-order chi connectivity index (χ0) is 18.0. The van der Waals surface area contributed by atoms with Crippen molar-refractivity contribution in [2.24, 2.45) is 0 Å². The van der Waals surface area contributed by atoms with Gasteiger partial charge in [0.2, 0.25) is 0 Å². The molecule has 0 saturated carbocycles. The summed E-state index contributed by atoms with van der Waals surface area (Å²) in [7, 11) is 1.34. The molecular weight excluding hydrogens is 384 g/mol. The fourth-order valence-corrected chi connectivity index (χ4v) is 3.70. The van der Waals surface area contributed by atoms with E-state index in [-0.39, 0.29) is 6.03 Å². The summed E-state index contributed by atoms with van der Waals surface area (Å²) in [6.07, 6.45) is 0.832. The molecule has 0 bridgehead atoms. The number of anilines is 2. The number of amides is 2. The van der Waals surface area contributed by atoms with Crippen LogP contribution < -0.4 is 9.80 Å². The lowest BCUT2D eigenvalue weighted by atomic mass is 10.1. The Bertz CT molecular complexity index is 822. The molecule has 2 amide bonds. The smallest absolute Gasteiger partial charge is 0.337 e. The minimum atomic E-state index is -0.411. The van der Waals surface area contributed by atoms with Crippen LogP contribution >= 0.6 is 15.9 Å². The van der Waals surface area contributed by atoms with Crippen molar-refractivity contribution in [3.8, 4) is 0 Å². The summed E-state index contributed by atoms with van der Waals surface area (Å²) in [4.78, 5) is 28.2. The summed E-state index contributed by atoms with van der Waals surface area (Å²) in [5.41, 5.74) is 3.17. The van der Waals surface area contributed by atoms with Gasteiger partial charge < -0.3 is 4.74 Å². The summed E-state index contributed by atoms with van der Waals surface area (Å²) < 4.78 is 5.76. The van der Waals surface area contributed by atoms with Crippen LogP contribution in [0.2, 0.25) is 0 Å². The third kappa shape index (κ3) is 3.26. The van der Waals surface area contributed by atoms with Crippen molar-refractivity contribution in [1.29, 1.82) is 0 Å². The SMILES string of the molecule is CCc1c(Br)cccc1N1CCN(c2cccc(C(=O)OC)c2)C1=O. The minimum Gasteiger partial charge on any atom is -0.465 e. The Kier molecular flexibility index (Phi) is 5.08. The summed E-state index contributed by atoms with van der Waals surface area (Å²) in [5.74, 6) is -0.411. The lowest BCUT2D eigenvalue weighted by molar-refractivity contribution is 0.0600. The molecule has 0 aromatic heterocycles. The first-order chi connectivity index (χ1) is 12.1. The molecule has 6 heteroatoms. The first-order valence-corrected chi connectivity index (χ1v) is 8.91. The number of hydrogen-bond acceptors (Lipinski definition) is 3. The van der Waals surface area contributed by atoms with E-state index in [9.17, 15) is 9.59 Å². The van der Waals surface area contributed by atoms with Gasteiger partial charge in [0, 0.05) is 28.9 Å². The van der Waals surface area contributed by atoms with Gasteiger partial charge in [0.25, 0.3) is 0 Å².